The van der Waals surface area contributed by atoms with Gasteiger partial charge in [0, 0.05) is 25.2 Å². The molecule has 0 bridgehead atoms. The Kier molecular flexibility index (Phi) is 6.34. The number of carbonyl (C=O) groups is 1. The number of para-hydroxylation sites is 3. The quantitative estimate of drug-likeness (QED) is 0.632. The van der Waals surface area contributed by atoms with Crippen molar-refractivity contribution in [2.45, 2.75) is 59.5 Å². The lowest BCUT2D eigenvalue weighted by atomic mass is 10.0. The molecule has 0 radical (unpaired) electrons. The van der Waals surface area contributed by atoms with Gasteiger partial charge in [-0.25, -0.2) is 4.79 Å². The lowest BCUT2D eigenvalue weighted by Gasteiger charge is -2.14. The van der Waals surface area contributed by atoms with E-state index in [1.807, 2.05) is 30.3 Å². The summed E-state index contributed by atoms with van der Waals surface area (Å²) in [5.74, 6) is -0.0603. The highest BCUT2D eigenvalue weighted by molar-refractivity contribution is 5.92. The van der Waals surface area contributed by atoms with Crippen molar-refractivity contribution in [3.8, 4) is 0 Å². The van der Waals surface area contributed by atoms with Crippen LogP contribution in [0, 0.1) is 0 Å². The van der Waals surface area contributed by atoms with Crippen LogP contribution in [0.4, 0.5) is 5.69 Å². The van der Waals surface area contributed by atoms with Crippen LogP contribution in [0.15, 0.2) is 47.3 Å². The maximum Gasteiger partial charge on any atom is 0.329 e. The van der Waals surface area contributed by atoms with Crippen LogP contribution in [-0.2, 0) is 30.7 Å². The molecule has 5 nitrogen and oxygen atoms in total. The molecule has 0 spiro atoms. The van der Waals surface area contributed by atoms with Gasteiger partial charge in [0.05, 0.1) is 11.0 Å². The van der Waals surface area contributed by atoms with Crippen molar-refractivity contribution in [1.29, 1.82) is 0 Å². The van der Waals surface area contributed by atoms with Crippen molar-refractivity contribution in [3.05, 3.63) is 64.1 Å². The molecule has 2 aromatic carbocycles. The van der Waals surface area contributed by atoms with Crippen LogP contribution in [0.1, 0.15) is 44.7 Å². The van der Waals surface area contributed by atoms with E-state index in [-0.39, 0.29) is 18.0 Å². The maximum atomic E-state index is 12.8. The molecule has 0 fully saturated rings. The minimum absolute atomic E-state index is 0.0425. The number of hydrogen-bond donors (Lipinski definition) is 1. The predicted octanol–water partition coefficient (Wildman–Crippen LogP) is 4.37. The van der Waals surface area contributed by atoms with Crippen molar-refractivity contribution in [2.75, 3.05) is 5.32 Å². The SMILES string of the molecule is CCCn1c(=O)n(CCC(=O)Nc2c(CC)cccc2CC)c2ccccc21. The number of imidazole rings is 1. The highest BCUT2D eigenvalue weighted by Gasteiger charge is 2.14. The molecule has 0 saturated carbocycles. The van der Waals surface area contributed by atoms with E-state index < -0.39 is 0 Å². The molecule has 3 aromatic rings. The molecule has 3 rings (SSSR count). The zero-order valence-electron chi connectivity index (χ0n) is 17.0. The number of nitrogens with one attached hydrogen (secondary N) is 1. The number of amides is 1. The van der Waals surface area contributed by atoms with Gasteiger partial charge in [-0.15, -0.1) is 0 Å². The van der Waals surface area contributed by atoms with Crippen molar-refractivity contribution < 1.29 is 4.79 Å². The molecule has 1 N–H and O–H groups in total. The number of fused-ring (bicyclic) bond motifs is 1. The number of nitrogens with zero attached hydrogens (tertiary/aromatic N) is 2. The van der Waals surface area contributed by atoms with Crippen LogP contribution in [0.5, 0.6) is 0 Å². The van der Waals surface area contributed by atoms with E-state index in [0.29, 0.717) is 13.1 Å². The van der Waals surface area contributed by atoms with Crippen LogP contribution >= 0.6 is 0 Å². The highest BCUT2D eigenvalue weighted by atomic mass is 16.2. The van der Waals surface area contributed by atoms with Crippen LogP contribution in [0.2, 0.25) is 0 Å². The van der Waals surface area contributed by atoms with E-state index in [4.69, 9.17) is 0 Å². The summed E-state index contributed by atoms with van der Waals surface area (Å²) in [4.78, 5) is 25.5. The van der Waals surface area contributed by atoms with Gasteiger partial charge < -0.3 is 5.32 Å². The summed E-state index contributed by atoms with van der Waals surface area (Å²) < 4.78 is 3.52. The summed E-state index contributed by atoms with van der Waals surface area (Å²) in [6.07, 6.45) is 2.89. The number of hydrogen-bond acceptors (Lipinski definition) is 2. The summed E-state index contributed by atoms with van der Waals surface area (Å²) >= 11 is 0. The fourth-order valence-electron chi connectivity index (χ4n) is 3.75. The monoisotopic (exact) mass is 379 g/mol. The smallest absolute Gasteiger partial charge is 0.326 e. The van der Waals surface area contributed by atoms with Gasteiger partial charge in [0.1, 0.15) is 0 Å². The third kappa shape index (κ3) is 3.88. The summed E-state index contributed by atoms with van der Waals surface area (Å²) in [6.45, 7) is 7.29. The van der Waals surface area contributed by atoms with E-state index in [9.17, 15) is 9.59 Å². The maximum absolute atomic E-state index is 12.8. The first-order valence-electron chi connectivity index (χ1n) is 10.2. The largest absolute Gasteiger partial charge is 0.329 e. The number of aromatic nitrogens is 2. The predicted molar refractivity (Wildman–Crippen MR) is 115 cm³/mol. The second-order valence-electron chi connectivity index (χ2n) is 7.03. The van der Waals surface area contributed by atoms with Crippen molar-refractivity contribution in [3.63, 3.8) is 0 Å². The Labute approximate surface area is 166 Å². The number of aryl methyl sites for hydroxylation is 4. The van der Waals surface area contributed by atoms with E-state index in [1.165, 1.54) is 0 Å². The number of rotatable bonds is 8. The van der Waals surface area contributed by atoms with Gasteiger partial charge in [0.2, 0.25) is 5.91 Å². The number of anilines is 1. The molecule has 0 aliphatic rings. The van der Waals surface area contributed by atoms with Gasteiger partial charge in [-0.05, 0) is 42.5 Å². The zero-order valence-corrected chi connectivity index (χ0v) is 17.0. The van der Waals surface area contributed by atoms with Crippen molar-refractivity contribution in [1.82, 2.24) is 9.13 Å². The summed E-state index contributed by atoms with van der Waals surface area (Å²) in [5.41, 5.74) is 4.99. The third-order valence-electron chi connectivity index (χ3n) is 5.20. The molecular weight excluding hydrogens is 350 g/mol. The first kappa shape index (κ1) is 19.9. The van der Waals surface area contributed by atoms with Gasteiger partial charge in [-0.3, -0.25) is 13.9 Å². The average molecular weight is 380 g/mol. The Morgan fingerprint density at radius 1 is 0.857 bits per heavy atom. The fraction of sp³-hybridized carbons (Fsp3) is 0.391. The van der Waals surface area contributed by atoms with E-state index in [2.05, 4.69) is 38.2 Å². The molecule has 0 saturated heterocycles. The lowest BCUT2D eigenvalue weighted by molar-refractivity contribution is -0.116. The second kappa shape index (κ2) is 8.91. The van der Waals surface area contributed by atoms with Gasteiger partial charge in [0.15, 0.2) is 0 Å². The Morgan fingerprint density at radius 3 is 1.96 bits per heavy atom. The third-order valence-corrected chi connectivity index (χ3v) is 5.20. The van der Waals surface area contributed by atoms with E-state index >= 15 is 0 Å². The molecule has 0 atom stereocenters. The Hall–Kier alpha value is -2.82. The van der Waals surface area contributed by atoms with Crippen LogP contribution < -0.4 is 11.0 Å². The standard InChI is InChI=1S/C23H29N3O2/c1-4-15-25-19-12-7-8-13-20(19)26(23(25)28)16-14-21(27)24-22-17(5-2)10-9-11-18(22)6-3/h7-13H,4-6,14-16H2,1-3H3,(H,24,27). The molecule has 0 unspecified atom stereocenters. The average Bonchev–Trinajstić information content (AvgIpc) is 2.98. The molecule has 148 valence electrons. The molecule has 0 aliphatic carbocycles. The molecule has 0 aliphatic heterocycles. The van der Waals surface area contributed by atoms with Gasteiger partial charge in [-0.1, -0.05) is 51.1 Å². The first-order chi connectivity index (χ1) is 13.6. The molecule has 1 heterocycles. The van der Waals surface area contributed by atoms with Crippen LogP contribution in [0.25, 0.3) is 11.0 Å². The van der Waals surface area contributed by atoms with Crippen molar-refractivity contribution in [2.24, 2.45) is 0 Å². The highest BCUT2D eigenvalue weighted by Crippen LogP contribution is 2.23. The van der Waals surface area contributed by atoms with E-state index in [0.717, 1.165) is 47.1 Å². The molecule has 1 amide bonds. The summed E-state index contributed by atoms with van der Waals surface area (Å²) in [5, 5.41) is 3.09. The molecule has 1 aromatic heterocycles. The minimum atomic E-state index is -0.0603. The fourth-order valence-corrected chi connectivity index (χ4v) is 3.75. The van der Waals surface area contributed by atoms with Gasteiger partial charge >= 0.3 is 5.69 Å². The van der Waals surface area contributed by atoms with Crippen LogP contribution in [0.3, 0.4) is 0 Å². The Balaban J connectivity index is 1.81. The zero-order chi connectivity index (χ0) is 20.1. The topological polar surface area (TPSA) is 56.0 Å². The number of benzene rings is 2. The van der Waals surface area contributed by atoms with Crippen LogP contribution in [-0.4, -0.2) is 15.0 Å². The molecule has 28 heavy (non-hydrogen) atoms. The lowest BCUT2D eigenvalue weighted by Crippen LogP contribution is -2.26. The van der Waals surface area contributed by atoms with Crippen molar-refractivity contribution >= 4 is 22.6 Å². The number of carbonyl (C=O) groups excluding carboxylic acids is 1. The van der Waals surface area contributed by atoms with E-state index in [1.54, 1.807) is 9.13 Å². The first-order valence-corrected chi connectivity index (χ1v) is 10.2. The normalized spacial score (nSPS) is 11.1. The molecular formula is C23H29N3O2. The summed E-state index contributed by atoms with van der Waals surface area (Å²) in [6, 6.07) is 13.9. The Bertz CT molecular complexity index is 1010. The second-order valence-corrected chi connectivity index (χ2v) is 7.03. The molecule has 5 heteroatoms. The minimum Gasteiger partial charge on any atom is -0.326 e. The summed E-state index contributed by atoms with van der Waals surface area (Å²) in [7, 11) is 0. The van der Waals surface area contributed by atoms with Gasteiger partial charge in [-0.2, -0.15) is 0 Å². The van der Waals surface area contributed by atoms with Gasteiger partial charge in [0.25, 0.3) is 0 Å². The Morgan fingerprint density at radius 2 is 1.43 bits per heavy atom.